The van der Waals surface area contributed by atoms with E-state index in [4.69, 9.17) is 5.73 Å². The average Bonchev–Trinajstić information content (AvgIpc) is 2.97. The molecule has 92 valence electrons. The molecule has 0 bridgehead atoms. The third kappa shape index (κ3) is 2.11. The van der Waals surface area contributed by atoms with Crippen molar-refractivity contribution in [1.82, 2.24) is 4.57 Å². The fraction of sp³-hybridized carbons (Fsp3) is 0.143. The van der Waals surface area contributed by atoms with E-state index in [1.54, 1.807) is 11.3 Å². The van der Waals surface area contributed by atoms with Gasteiger partial charge < -0.3 is 10.3 Å². The molecule has 2 N–H and O–H groups in total. The predicted molar refractivity (Wildman–Crippen MR) is 81.0 cm³/mol. The van der Waals surface area contributed by atoms with Crippen LogP contribution in [-0.2, 0) is 13.1 Å². The maximum Gasteiger partial charge on any atom is 0.0702 e. The van der Waals surface area contributed by atoms with Crippen LogP contribution in [0.4, 0.5) is 0 Å². The van der Waals surface area contributed by atoms with Gasteiger partial charge in [-0.15, -0.1) is 11.3 Å². The second-order valence-electron chi connectivity index (χ2n) is 4.21. The monoisotopic (exact) mass is 320 g/mol. The van der Waals surface area contributed by atoms with Crippen LogP contribution in [-0.4, -0.2) is 4.57 Å². The maximum absolute atomic E-state index is 5.82. The molecule has 0 aliphatic carbocycles. The van der Waals surface area contributed by atoms with E-state index in [0.717, 1.165) is 6.54 Å². The summed E-state index contributed by atoms with van der Waals surface area (Å²) in [5.41, 5.74) is 8.28. The number of benzene rings is 1. The number of aromatic nitrogens is 1. The highest BCUT2D eigenvalue weighted by Gasteiger charge is 2.07. The van der Waals surface area contributed by atoms with Crippen molar-refractivity contribution in [2.24, 2.45) is 5.73 Å². The van der Waals surface area contributed by atoms with Crippen LogP contribution in [0.25, 0.3) is 10.9 Å². The van der Waals surface area contributed by atoms with Crippen molar-refractivity contribution < 1.29 is 0 Å². The maximum atomic E-state index is 5.82. The lowest BCUT2D eigenvalue weighted by Gasteiger charge is -2.07. The lowest BCUT2D eigenvalue weighted by molar-refractivity contribution is 0.844. The summed E-state index contributed by atoms with van der Waals surface area (Å²) >= 11 is 5.28. The molecular formula is C14H13BrN2S. The molecular weight excluding hydrogens is 308 g/mol. The van der Waals surface area contributed by atoms with Gasteiger partial charge in [0.15, 0.2) is 0 Å². The third-order valence-corrected chi connectivity index (χ3v) is 4.66. The number of fused-ring (bicyclic) bond motifs is 1. The van der Waals surface area contributed by atoms with Crippen LogP contribution in [0.5, 0.6) is 0 Å². The molecule has 0 aliphatic rings. The Balaban J connectivity index is 2.06. The Morgan fingerprint density at radius 2 is 2.06 bits per heavy atom. The first-order chi connectivity index (χ1) is 8.78. The second-order valence-corrected chi connectivity index (χ2v) is 6.76. The zero-order chi connectivity index (χ0) is 12.5. The summed E-state index contributed by atoms with van der Waals surface area (Å²) < 4.78 is 3.45. The smallest absolute Gasteiger partial charge is 0.0702 e. The fourth-order valence-corrected chi connectivity index (χ4v) is 3.72. The topological polar surface area (TPSA) is 30.9 Å². The molecule has 0 radical (unpaired) electrons. The van der Waals surface area contributed by atoms with Crippen LogP contribution in [0.1, 0.15) is 10.4 Å². The van der Waals surface area contributed by atoms with Crippen LogP contribution in [0, 0.1) is 0 Å². The molecule has 3 rings (SSSR count). The quantitative estimate of drug-likeness (QED) is 0.777. The largest absolute Gasteiger partial charge is 0.342 e. The highest BCUT2D eigenvalue weighted by Crippen LogP contribution is 2.26. The van der Waals surface area contributed by atoms with Crippen LogP contribution >= 0.6 is 27.3 Å². The van der Waals surface area contributed by atoms with Crippen LogP contribution in [0.15, 0.2) is 46.4 Å². The molecule has 2 heterocycles. The zero-order valence-electron chi connectivity index (χ0n) is 9.77. The Labute approximate surface area is 118 Å². The van der Waals surface area contributed by atoms with Gasteiger partial charge in [-0.2, -0.15) is 0 Å². The molecule has 0 fully saturated rings. The van der Waals surface area contributed by atoms with Crippen molar-refractivity contribution in [3.63, 3.8) is 0 Å². The SMILES string of the molecule is NCc1cccc2ccn(Cc3ccc(Br)s3)c12. The first-order valence-corrected chi connectivity index (χ1v) is 7.40. The van der Waals surface area contributed by atoms with Crippen molar-refractivity contribution in [3.05, 3.63) is 56.8 Å². The van der Waals surface area contributed by atoms with E-state index < -0.39 is 0 Å². The summed E-state index contributed by atoms with van der Waals surface area (Å²) in [5.74, 6) is 0. The Morgan fingerprint density at radius 1 is 1.17 bits per heavy atom. The van der Waals surface area contributed by atoms with Crippen molar-refractivity contribution >= 4 is 38.2 Å². The van der Waals surface area contributed by atoms with Crippen molar-refractivity contribution in [3.8, 4) is 0 Å². The van der Waals surface area contributed by atoms with Gasteiger partial charge in [-0.3, -0.25) is 0 Å². The fourth-order valence-electron chi connectivity index (χ4n) is 2.24. The van der Waals surface area contributed by atoms with E-state index in [9.17, 15) is 0 Å². The minimum Gasteiger partial charge on any atom is -0.342 e. The van der Waals surface area contributed by atoms with E-state index in [0.29, 0.717) is 6.54 Å². The van der Waals surface area contributed by atoms with Gasteiger partial charge in [0.25, 0.3) is 0 Å². The Hall–Kier alpha value is -1.10. The van der Waals surface area contributed by atoms with Crippen molar-refractivity contribution in [2.75, 3.05) is 0 Å². The molecule has 18 heavy (non-hydrogen) atoms. The summed E-state index contributed by atoms with van der Waals surface area (Å²) in [6.45, 7) is 1.48. The number of nitrogens with zero attached hydrogens (tertiary/aromatic N) is 1. The number of para-hydroxylation sites is 1. The van der Waals surface area contributed by atoms with Gasteiger partial charge in [0.1, 0.15) is 0 Å². The third-order valence-electron chi connectivity index (χ3n) is 3.05. The van der Waals surface area contributed by atoms with E-state index in [-0.39, 0.29) is 0 Å². The molecule has 0 saturated heterocycles. The highest BCUT2D eigenvalue weighted by molar-refractivity contribution is 9.11. The Bertz CT molecular complexity index is 684. The Kier molecular flexibility index (Phi) is 3.24. The van der Waals surface area contributed by atoms with Crippen molar-refractivity contribution in [2.45, 2.75) is 13.1 Å². The standard InChI is InChI=1S/C14H13BrN2S/c15-13-5-4-12(18-13)9-17-7-6-10-2-1-3-11(8-16)14(10)17/h1-7H,8-9,16H2. The Morgan fingerprint density at radius 3 is 2.78 bits per heavy atom. The molecule has 0 unspecified atom stereocenters. The van der Waals surface area contributed by atoms with E-state index in [1.807, 2.05) is 0 Å². The number of thiophene rings is 1. The van der Waals surface area contributed by atoms with Crippen LogP contribution in [0.3, 0.4) is 0 Å². The van der Waals surface area contributed by atoms with Gasteiger partial charge in [0.2, 0.25) is 0 Å². The average molecular weight is 321 g/mol. The summed E-state index contributed by atoms with van der Waals surface area (Å²) in [6, 6.07) is 12.7. The summed E-state index contributed by atoms with van der Waals surface area (Å²) in [4.78, 5) is 1.34. The zero-order valence-corrected chi connectivity index (χ0v) is 12.2. The van der Waals surface area contributed by atoms with E-state index >= 15 is 0 Å². The van der Waals surface area contributed by atoms with Gasteiger partial charge in [-0.05, 0) is 45.1 Å². The molecule has 0 amide bonds. The van der Waals surface area contributed by atoms with Crippen LogP contribution in [0.2, 0.25) is 0 Å². The van der Waals surface area contributed by atoms with Crippen LogP contribution < -0.4 is 5.73 Å². The molecule has 1 aromatic carbocycles. The molecule has 3 aromatic rings. The predicted octanol–water partition coefficient (Wildman–Crippen LogP) is 3.97. The van der Waals surface area contributed by atoms with E-state index in [2.05, 4.69) is 63.1 Å². The molecule has 2 nitrogen and oxygen atoms in total. The second kappa shape index (κ2) is 4.88. The summed E-state index contributed by atoms with van der Waals surface area (Å²) in [6.07, 6.45) is 2.14. The van der Waals surface area contributed by atoms with Gasteiger partial charge in [0.05, 0.1) is 15.8 Å². The van der Waals surface area contributed by atoms with Gasteiger partial charge in [0, 0.05) is 17.6 Å². The minimum absolute atomic E-state index is 0.579. The highest BCUT2D eigenvalue weighted by atomic mass is 79.9. The number of nitrogens with two attached hydrogens (primary N) is 1. The van der Waals surface area contributed by atoms with Gasteiger partial charge in [-0.25, -0.2) is 0 Å². The molecule has 2 aromatic heterocycles. The number of rotatable bonds is 3. The number of hydrogen-bond donors (Lipinski definition) is 1. The van der Waals surface area contributed by atoms with Gasteiger partial charge in [-0.1, -0.05) is 18.2 Å². The summed E-state index contributed by atoms with van der Waals surface area (Å²) in [5, 5.41) is 1.26. The minimum atomic E-state index is 0.579. The lowest BCUT2D eigenvalue weighted by atomic mass is 10.1. The molecule has 0 spiro atoms. The van der Waals surface area contributed by atoms with E-state index in [1.165, 1.54) is 25.1 Å². The first kappa shape index (κ1) is 12.0. The van der Waals surface area contributed by atoms with Gasteiger partial charge >= 0.3 is 0 Å². The molecule has 0 atom stereocenters. The lowest BCUT2D eigenvalue weighted by Crippen LogP contribution is -2.02. The summed E-state index contributed by atoms with van der Waals surface area (Å²) in [7, 11) is 0. The number of halogens is 1. The van der Waals surface area contributed by atoms with Crippen molar-refractivity contribution in [1.29, 1.82) is 0 Å². The molecule has 4 heteroatoms. The number of hydrogen-bond acceptors (Lipinski definition) is 2. The molecule has 0 aliphatic heterocycles. The normalized spacial score (nSPS) is 11.2. The first-order valence-electron chi connectivity index (χ1n) is 5.79. The molecule has 0 saturated carbocycles.